The minimum absolute atomic E-state index is 0.0993. The molecule has 3 aromatic rings. The van der Waals surface area contributed by atoms with Gasteiger partial charge in [-0.15, -0.1) is 11.3 Å². The number of rotatable bonds is 5. The molecule has 2 aromatic carbocycles. The molecule has 6 nitrogen and oxygen atoms in total. The molecule has 12 heteroatoms. The summed E-state index contributed by atoms with van der Waals surface area (Å²) >= 11 is 1.29. The number of hydrogen-bond donors (Lipinski definition) is 2. The van der Waals surface area contributed by atoms with Crippen LogP contribution in [0.25, 0.3) is 11.3 Å². The Morgan fingerprint density at radius 1 is 1.18 bits per heavy atom. The molecule has 0 saturated heterocycles. The molecule has 1 unspecified atom stereocenters. The number of benzene rings is 2. The fourth-order valence-corrected chi connectivity index (χ4v) is 3.55. The first-order valence-corrected chi connectivity index (χ1v) is 10.1. The molecule has 1 heterocycles. The van der Waals surface area contributed by atoms with Gasteiger partial charge in [0.15, 0.2) is 22.6 Å². The Morgan fingerprint density at radius 2 is 1.86 bits per heavy atom. The van der Waals surface area contributed by atoms with Crippen LogP contribution in [-0.4, -0.2) is 19.7 Å². The van der Waals surface area contributed by atoms with E-state index in [-0.39, 0.29) is 5.13 Å². The molecule has 0 aliphatic carbocycles. The van der Waals surface area contributed by atoms with Gasteiger partial charge in [0.2, 0.25) is 0 Å². The lowest BCUT2D eigenvalue weighted by Crippen LogP contribution is -2.18. The Morgan fingerprint density at radius 3 is 2.50 bits per heavy atom. The number of anilines is 2. The Kier molecular flexibility index (Phi) is 6.13. The van der Waals surface area contributed by atoms with Crippen molar-refractivity contribution in [3.05, 3.63) is 63.2 Å². The first kappa shape index (κ1) is 20.5. The standard InChI is InChI=1S/C16H9BrF3N3O3S2/c17-8-3-1-7(2-4-8)11-6-27-16(21-11)22-15(24)9-5-10(18)12(19)13(20)14(9)23-28(25)26/h1-6,23H,(H,25,26)(H,21,22,24)/p-1. The van der Waals surface area contributed by atoms with Crippen LogP contribution in [0.4, 0.5) is 24.0 Å². The van der Waals surface area contributed by atoms with Crippen LogP contribution >= 0.6 is 27.3 Å². The van der Waals surface area contributed by atoms with Gasteiger partial charge in [0, 0.05) is 26.7 Å². The molecule has 0 spiro atoms. The van der Waals surface area contributed by atoms with Crippen molar-refractivity contribution in [1.82, 2.24) is 4.98 Å². The zero-order chi connectivity index (χ0) is 20.4. The summed E-state index contributed by atoms with van der Waals surface area (Å²) in [5, 5.41) is 4.06. The molecule has 0 saturated carbocycles. The minimum Gasteiger partial charge on any atom is -0.755 e. The predicted molar refractivity (Wildman–Crippen MR) is 102 cm³/mol. The summed E-state index contributed by atoms with van der Waals surface area (Å²) in [6, 6.07) is 7.59. The van der Waals surface area contributed by atoms with Crippen molar-refractivity contribution in [2.45, 2.75) is 0 Å². The van der Waals surface area contributed by atoms with Gasteiger partial charge < -0.3 is 9.27 Å². The number of nitrogens with one attached hydrogen (secondary N) is 2. The van der Waals surface area contributed by atoms with Crippen LogP contribution < -0.4 is 10.0 Å². The third-order valence-corrected chi connectivity index (χ3v) is 5.11. The molecule has 1 amide bonds. The van der Waals surface area contributed by atoms with Crippen LogP contribution in [0.3, 0.4) is 0 Å². The normalized spacial score (nSPS) is 11.9. The van der Waals surface area contributed by atoms with E-state index in [0.717, 1.165) is 21.4 Å². The Hall–Kier alpha value is -2.28. The van der Waals surface area contributed by atoms with Crippen molar-refractivity contribution in [2.24, 2.45) is 0 Å². The van der Waals surface area contributed by atoms with Crippen LogP contribution in [-0.2, 0) is 11.3 Å². The SMILES string of the molecule is O=C(Nc1nc(-c2ccc(Br)cc2)cs1)c1cc(F)c(F)c(F)c1NS(=O)[O-]. The lowest BCUT2D eigenvalue weighted by atomic mass is 10.1. The summed E-state index contributed by atoms with van der Waals surface area (Å²) in [6.45, 7) is 0. The molecule has 1 aromatic heterocycles. The van der Waals surface area contributed by atoms with Gasteiger partial charge in [-0.1, -0.05) is 28.1 Å². The molecule has 28 heavy (non-hydrogen) atoms. The zero-order valence-electron chi connectivity index (χ0n) is 13.5. The van der Waals surface area contributed by atoms with Gasteiger partial charge in [-0.3, -0.25) is 14.3 Å². The number of nitrogens with zero attached hydrogens (tertiary/aromatic N) is 1. The van der Waals surface area contributed by atoms with Crippen molar-refractivity contribution in [1.29, 1.82) is 0 Å². The highest BCUT2D eigenvalue weighted by Gasteiger charge is 2.23. The van der Waals surface area contributed by atoms with Crippen LogP contribution in [0.2, 0.25) is 0 Å². The number of carbonyl (C=O) groups is 1. The van der Waals surface area contributed by atoms with E-state index < -0.39 is 45.9 Å². The van der Waals surface area contributed by atoms with Gasteiger partial charge in [0.1, 0.15) is 0 Å². The first-order chi connectivity index (χ1) is 13.3. The summed E-state index contributed by atoms with van der Waals surface area (Å²) in [5.41, 5.74) is -0.429. The summed E-state index contributed by atoms with van der Waals surface area (Å²) in [4.78, 5) is 16.6. The van der Waals surface area contributed by atoms with Crippen LogP contribution in [0.5, 0.6) is 0 Å². The third kappa shape index (κ3) is 4.41. The fourth-order valence-electron chi connectivity index (χ4n) is 2.21. The van der Waals surface area contributed by atoms with Crippen molar-refractivity contribution in [2.75, 3.05) is 10.0 Å². The molecule has 0 aliphatic rings. The van der Waals surface area contributed by atoms with E-state index in [1.54, 1.807) is 34.4 Å². The number of amides is 1. The first-order valence-electron chi connectivity index (χ1n) is 7.32. The van der Waals surface area contributed by atoms with Crippen LogP contribution in [0.15, 0.2) is 40.2 Å². The van der Waals surface area contributed by atoms with Gasteiger partial charge >= 0.3 is 0 Å². The van der Waals surface area contributed by atoms with E-state index in [1.165, 1.54) is 0 Å². The molecular weight excluding hydrogens is 483 g/mol. The monoisotopic (exact) mass is 490 g/mol. The van der Waals surface area contributed by atoms with Crippen LogP contribution in [0.1, 0.15) is 10.4 Å². The molecule has 0 fully saturated rings. The Bertz CT molecular complexity index is 1080. The quantitative estimate of drug-likeness (QED) is 0.408. The highest BCUT2D eigenvalue weighted by molar-refractivity contribution is 9.10. The van der Waals surface area contributed by atoms with Gasteiger partial charge in [0.05, 0.1) is 16.9 Å². The van der Waals surface area contributed by atoms with E-state index >= 15 is 0 Å². The molecule has 0 aliphatic heterocycles. The Labute approximate surface area is 171 Å². The van der Waals surface area contributed by atoms with Crippen molar-refractivity contribution in [3.63, 3.8) is 0 Å². The highest BCUT2D eigenvalue weighted by Crippen LogP contribution is 2.29. The molecule has 146 valence electrons. The van der Waals surface area contributed by atoms with Crippen molar-refractivity contribution >= 4 is 55.3 Å². The lowest BCUT2D eigenvalue weighted by Gasteiger charge is -2.14. The highest BCUT2D eigenvalue weighted by atomic mass is 79.9. The molecule has 0 bridgehead atoms. The number of aromatic nitrogens is 1. The number of thiazole rings is 1. The molecule has 2 N–H and O–H groups in total. The maximum absolute atomic E-state index is 13.9. The fraction of sp³-hybridized carbons (Fsp3) is 0. The minimum atomic E-state index is -3.06. The second-order valence-electron chi connectivity index (χ2n) is 5.24. The summed E-state index contributed by atoms with van der Waals surface area (Å²) in [5.74, 6) is -6.44. The molecule has 3 rings (SSSR count). The van der Waals surface area contributed by atoms with Gasteiger partial charge in [-0.2, -0.15) is 0 Å². The molecular formula is C16H8BrF3N3O3S2-. The topological polar surface area (TPSA) is 94.2 Å². The van der Waals surface area contributed by atoms with Gasteiger partial charge in [-0.25, -0.2) is 18.2 Å². The number of halogens is 4. The lowest BCUT2D eigenvalue weighted by molar-refractivity contribution is 0.102. The summed E-state index contributed by atoms with van der Waals surface area (Å²) < 4.78 is 64.8. The average molecular weight is 491 g/mol. The summed E-state index contributed by atoms with van der Waals surface area (Å²) in [6.07, 6.45) is 0. The zero-order valence-corrected chi connectivity index (χ0v) is 16.7. The summed E-state index contributed by atoms with van der Waals surface area (Å²) in [7, 11) is 0. The second kappa shape index (κ2) is 8.39. The van der Waals surface area contributed by atoms with Crippen molar-refractivity contribution < 1.29 is 26.7 Å². The largest absolute Gasteiger partial charge is 0.755 e. The van der Waals surface area contributed by atoms with E-state index in [1.807, 2.05) is 0 Å². The number of carbonyl (C=O) groups excluding carboxylic acids is 1. The Balaban J connectivity index is 1.89. The smallest absolute Gasteiger partial charge is 0.259 e. The van der Waals surface area contributed by atoms with Gasteiger partial charge in [-0.05, 0) is 18.2 Å². The van der Waals surface area contributed by atoms with Crippen molar-refractivity contribution in [3.8, 4) is 11.3 Å². The predicted octanol–water partition coefficient (Wildman–Crippen LogP) is 4.45. The molecule has 1 atom stereocenters. The van der Waals surface area contributed by atoms with E-state index in [0.29, 0.717) is 11.8 Å². The van der Waals surface area contributed by atoms with Crippen LogP contribution in [0, 0.1) is 17.5 Å². The number of hydrogen-bond acceptors (Lipinski definition) is 5. The second-order valence-corrected chi connectivity index (χ2v) is 7.69. The third-order valence-electron chi connectivity index (χ3n) is 3.46. The maximum atomic E-state index is 13.9. The van der Waals surface area contributed by atoms with Gasteiger partial charge in [0.25, 0.3) is 5.91 Å². The van der Waals surface area contributed by atoms with E-state index in [9.17, 15) is 26.7 Å². The van der Waals surface area contributed by atoms with E-state index in [2.05, 4.69) is 26.2 Å². The maximum Gasteiger partial charge on any atom is 0.259 e. The molecule has 0 radical (unpaired) electrons. The van der Waals surface area contributed by atoms with E-state index in [4.69, 9.17) is 0 Å². The average Bonchev–Trinajstić information content (AvgIpc) is 3.10.